The number of carbonyl (C=O) groups excluding carboxylic acids is 1. The molecule has 2 aliphatic heterocycles. The molecule has 14 heteroatoms. The van der Waals surface area contributed by atoms with E-state index in [1.165, 1.54) is 23.8 Å². The minimum atomic E-state index is -4.80. The molecule has 1 aromatic rings. The van der Waals surface area contributed by atoms with Crippen molar-refractivity contribution in [3.8, 4) is 0 Å². The Morgan fingerprint density at radius 2 is 1.79 bits per heavy atom. The number of aromatic nitrogens is 1. The maximum absolute atomic E-state index is 12.9. The number of piperazine rings is 1. The molecule has 1 N–H and O–H groups in total. The Morgan fingerprint density at radius 3 is 2.35 bits per heavy atom. The van der Waals surface area contributed by atoms with Gasteiger partial charge < -0.3 is 24.4 Å². The quantitative estimate of drug-likeness (QED) is 0.653. The number of H-pyrrole nitrogens is 1. The smallest absolute Gasteiger partial charge is 0.421 e. The van der Waals surface area contributed by atoms with Crippen LogP contribution in [-0.4, -0.2) is 83.8 Å². The van der Waals surface area contributed by atoms with E-state index in [0.29, 0.717) is 19.0 Å². The van der Waals surface area contributed by atoms with Gasteiger partial charge in [-0.05, 0) is 18.6 Å². The van der Waals surface area contributed by atoms with Crippen LogP contribution in [0.25, 0.3) is 0 Å². The largest absolute Gasteiger partial charge is 0.446 e. The number of pyridine rings is 1. The van der Waals surface area contributed by atoms with Gasteiger partial charge in [-0.2, -0.15) is 26.3 Å². The number of amides is 1. The number of aromatic amines is 1. The van der Waals surface area contributed by atoms with E-state index < -0.39 is 41.2 Å². The molecule has 3 heterocycles. The standard InChI is InChI=1S/C20H23F6N5O3/c1-12(7-13-8-15(20(24,25)26)16(32)27-9-13)34-18(33)31-5-3-30(4-6-31)17-28-10-14(11-29(17)2)19(21,22)23/h8-10,12H,3-7,11H2,1-2H3,(H,27,32). The zero-order chi connectivity index (χ0) is 25.3. The lowest BCUT2D eigenvalue weighted by molar-refractivity contribution is -0.138. The van der Waals surface area contributed by atoms with Gasteiger partial charge in [0.15, 0.2) is 0 Å². The molecule has 1 saturated heterocycles. The van der Waals surface area contributed by atoms with E-state index in [9.17, 15) is 35.9 Å². The van der Waals surface area contributed by atoms with E-state index in [1.807, 2.05) is 4.98 Å². The fourth-order valence-corrected chi connectivity index (χ4v) is 3.65. The van der Waals surface area contributed by atoms with E-state index in [1.54, 1.807) is 4.90 Å². The molecule has 0 radical (unpaired) electrons. The number of halogens is 6. The predicted octanol–water partition coefficient (Wildman–Crippen LogP) is 2.83. The molecule has 0 aliphatic carbocycles. The Kier molecular flexibility index (Phi) is 7.17. The van der Waals surface area contributed by atoms with Gasteiger partial charge in [-0.3, -0.25) is 4.79 Å². The summed E-state index contributed by atoms with van der Waals surface area (Å²) in [5.74, 6) is 0.368. The summed E-state index contributed by atoms with van der Waals surface area (Å²) in [5, 5.41) is 0. The number of nitrogens with one attached hydrogen (secondary N) is 1. The minimum absolute atomic E-state index is 0.0406. The van der Waals surface area contributed by atoms with Crippen molar-refractivity contribution in [3.05, 3.63) is 45.5 Å². The zero-order valence-corrected chi connectivity index (χ0v) is 18.3. The average Bonchev–Trinajstić information content (AvgIpc) is 2.73. The second kappa shape index (κ2) is 9.58. The van der Waals surface area contributed by atoms with Gasteiger partial charge in [0, 0.05) is 52.0 Å². The van der Waals surface area contributed by atoms with Gasteiger partial charge in [0.05, 0.1) is 12.1 Å². The van der Waals surface area contributed by atoms with Crippen LogP contribution in [0.5, 0.6) is 0 Å². The molecule has 1 amide bonds. The molecule has 34 heavy (non-hydrogen) atoms. The number of nitrogens with zero attached hydrogens (tertiary/aromatic N) is 4. The lowest BCUT2D eigenvalue weighted by Gasteiger charge is -2.39. The van der Waals surface area contributed by atoms with Gasteiger partial charge in [-0.25, -0.2) is 9.79 Å². The number of alkyl halides is 6. The third-order valence-electron chi connectivity index (χ3n) is 5.36. The summed E-state index contributed by atoms with van der Waals surface area (Å²) in [4.78, 5) is 34.3. The second-order valence-corrected chi connectivity index (χ2v) is 8.06. The number of rotatable bonds is 3. The first-order valence-corrected chi connectivity index (χ1v) is 10.3. The highest BCUT2D eigenvalue weighted by atomic mass is 19.4. The molecule has 3 rings (SSSR count). The molecule has 1 aromatic heterocycles. The van der Waals surface area contributed by atoms with E-state index in [4.69, 9.17) is 4.74 Å². The van der Waals surface area contributed by atoms with E-state index in [0.717, 1.165) is 18.5 Å². The van der Waals surface area contributed by atoms with Crippen LogP contribution in [0.3, 0.4) is 0 Å². The van der Waals surface area contributed by atoms with Crippen LogP contribution in [0, 0.1) is 0 Å². The summed E-state index contributed by atoms with van der Waals surface area (Å²) >= 11 is 0. The fraction of sp³-hybridized carbons (Fsp3) is 0.550. The molecule has 1 unspecified atom stereocenters. The van der Waals surface area contributed by atoms with E-state index in [-0.39, 0.29) is 31.6 Å². The molecule has 188 valence electrons. The molecule has 0 aromatic carbocycles. The number of likely N-dealkylation sites (N-methyl/N-ethyl adjacent to an activating group) is 1. The average molecular weight is 495 g/mol. The van der Waals surface area contributed by atoms with E-state index >= 15 is 0 Å². The molecular weight excluding hydrogens is 472 g/mol. The topological polar surface area (TPSA) is 81.2 Å². The van der Waals surface area contributed by atoms with Gasteiger partial charge >= 0.3 is 18.4 Å². The summed E-state index contributed by atoms with van der Waals surface area (Å²) in [6.07, 6.45) is -8.78. The van der Waals surface area contributed by atoms with Crippen LogP contribution in [0.2, 0.25) is 0 Å². The number of guanidine groups is 1. The van der Waals surface area contributed by atoms with Crippen LogP contribution in [0.15, 0.2) is 33.8 Å². The van der Waals surface area contributed by atoms with Crippen molar-refractivity contribution < 1.29 is 35.9 Å². The number of hydrogen-bond acceptors (Lipinski definition) is 6. The second-order valence-electron chi connectivity index (χ2n) is 8.06. The Labute approximate surface area is 190 Å². The highest BCUT2D eigenvalue weighted by Crippen LogP contribution is 2.29. The van der Waals surface area contributed by atoms with Gasteiger partial charge in [0.25, 0.3) is 5.56 Å². The highest BCUT2D eigenvalue weighted by Gasteiger charge is 2.37. The minimum Gasteiger partial charge on any atom is -0.446 e. The Balaban J connectivity index is 1.54. The van der Waals surface area contributed by atoms with Crippen molar-refractivity contribution >= 4 is 12.1 Å². The Hall–Kier alpha value is -3.19. The van der Waals surface area contributed by atoms with Gasteiger partial charge in [0.1, 0.15) is 11.7 Å². The summed E-state index contributed by atoms with van der Waals surface area (Å²) in [7, 11) is 1.50. The lowest BCUT2D eigenvalue weighted by Crippen LogP contribution is -2.55. The maximum atomic E-state index is 12.9. The number of aliphatic imine (C=N–C) groups is 1. The first-order valence-electron chi connectivity index (χ1n) is 10.3. The van der Waals surface area contributed by atoms with Crippen molar-refractivity contribution in [3.63, 3.8) is 0 Å². The van der Waals surface area contributed by atoms with Crippen LogP contribution in [0.1, 0.15) is 18.1 Å². The molecule has 1 fully saturated rings. The van der Waals surface area contributed by atoms with Gasteiger partial charge in [-0.15, -0.1) is 0 Å². The summed E-state index contributed by atoms with van der Waals surface area (Å²) < 4.78 is 82.6. The Bertz CT molecular complexity index is 1020. The van der Waals surface area contributed by atoms with E-state index in [2.05, 4.69) is 4.99 Å². The monoisotopic (exact) mass is 495 g/mol. The Morgan fingerprint density at radius 1 is 1.15 bits per heavy atom. The van der Waals surface area contributed by atoms with Crippen molar-refractivity contribution in [2.45, 2.75) is 31.8 Å². The fourth-order valence-electron chi connectivity index (χ4n) is 3.65. The highest BCUT2D eigenvalue weighted by molar-refractivity contribution is 5.82. The molecule has 1 atom stereocenters. The molecule has 8 nitrogen and oxygen atoms in total. The zero-order valence-electron chi connectivity index (χ0n) is 18.3. The van der Waals surface area contributed by atoms with Crippen LogP contribution < -0.4 is 5.56 Å². The van der Waals surface area contributed by atoms with Gasteiger partial charge in [-0.1, -0.05) is 0 Å². The number of ether oxygens (including phenoxy) is 1. The number of carbonyl (C=O) groups is 1. The SMILES string of the molecule is CC(Cc1c[nH]c(=O)c(C(F)(F)F)c1)OC(=O)N1CCN(C2=NC=C(C(F)(F)F)CN2C)CC1. The first-order chi connectivity index (χ1) is 15.8. The lowest BCUT2D eigenvalue weighted by atomic mass is 10.1. The summed E-state index contributed by atoms with van der Waals surface area (Å²) in [6, 6.07) is 0.724. The predicted molar refractivity (Wildman–Crippen MR) is 109 cm³/mol. The maximum Gasteiger partial charge on any atom is 0.421 e. The molecule has 0 bridgehead atoms. The molecule has 2 aliphatic rings. The van der Waals surface area contributed by atoms with Crippen molar-refractivity contribution in [2.75, 3.05) is 39.8 Å². The van der Waals surface area contributed by atoms with Crippen molar-refractivity contribution in [1.82, 2.24) is 19.7 Å². The van der Waals surface area contributed by atoms with Gasteiger partial charge in [0.2, 0.25) is 5.96 Å². The third-order valence-corrected chi connectivity index (χ3v) is 5.36. The van der Waals surface area contributed by atoms with Crippen molar-refractivity contribution in [1.29, 1.82) is 0 Å². The third kappa shape index (κ3) is 6.03. The molecule has 0 spiro atoms. The van der Waals surface area contributed by atoms with Crippen molar-refractivity contribution in [2.24, 2.45) is 4.99 Å². The van der Waals surface area contributed by atoms with Crippen LogP contribution >= 0.6 is 0 Å². The normalized spacial score (nSPS) is 18.4. The van der Waals surface area contributed by atoms with Crippen LogP contribution in [-0.2, 0) is 17.3 Å². The molecule has 0 saturated carbocycles. The summed E-state index contributed by atoms with van der Waals surface area (Å²) in [5.41, 5.74) is -3.17. The van der Waals surface area contributed by atoms with Crippen LogP contribution in [0.4, 0.5) is 31.1 Å². The number of hydrogen-bond donors (Lipinski definition) is 1. The molecular formula is C20H23F6N5O3. The first kappa shape index (κ1) is 25.4. The summed E-state index contributed by atoms with van der Waals surface area (Å²) in [6.45, 7) is 2.27.